The van der Waals surface area contributed by atoms with Crippen molar-refractivity contribution in [2.45, 2.75) is 4.90 Å². The number of amides is 1. The van der Waals surface area contributed by atoms with Gasteiger partial charge in [0.15, 0.2) is 20.6 Å². The molecule has 0 saturated carbocycles. The van der Waals surface area contributed by atoms with E-state index in [4.69, 9.17) is 4.42 Å². The van der Waals surface area contributed by atoms with Gasteiger partial charge in [0.25, 0.3) is 5.91 Å². The maximum Gasteiger partial charge on any atom is 0.275 e. The van der Waals surface area contributed by atoms with Gasteiger partial charge in [0.1, 0.15) is 11.5 Å². The molecule has 0 aliphatic heterocycles. The van der Waals surface area contributed by atoms with Crippen molar-refractivity contribution in [3.05, 3.63) is 53.5 Å². The molecule has 24 heavy (non-hydrogen) atoms. The van der Waals surface area contributed by atoms with Crippen LogP contribution in [0.15, 0.2) is 51.3 Å². The number of aromatic nitrogens is 1. The molecule has 124 valence electrons. The number of halogens is 1. The Kier molecular flexibility index (Phi) is 4.20. The van der Waals surface area contributed by atoms with Gasteiger partial charge < -0.3 is 9.73 Å². The zero-order valence-corrected chi connectivity index (χ0v) is 13.9. The molecule has 0 radical (unpaired) electrons. The van der Waals surface area contributed by atoms with E-state index in [2.05, 4.69) is 10.3 Å². The van der Waals surface area contributed by atoms with Crippen molar-refractivity contribution in [3.63, 3.8) is 0 Å². The van der Waals surface area contributed by atoms with Crippen LogP contribution in [0.1, 0.15) is 10.5 Å². The monoisotopic (exact) mass is 366 g/mol. The van der Waals surface area contributed by atoms with Crippen molar-refractivity contribution in [2.24, 2.45) is 0 Å². The third kappa shape index (κ3) is 3.36. The second-order valence-corrected chi connectivity index (χ2v) is 7.76. The van der Waals surface area contributed by atoms with Crippen molar-refractivity contribution in [2.75, 3.05) is 11.6 Å². The largest absolute Gasteiger partial charge is 0.462 e. The molecule has 6 nitrogen and oxygen atoms in total. The van der Waals surface area contributed by atoms with E-state index < -0.39 is 21.6 Å². The molecule has 1 amide bonds. The maximum absolute atomic E-state index is 13.8. The molecule has 3 rings (SSSR count). The highest BCUT2D eigenvalue weighted by atomic mass is 32.2. The smallest absolute Gasteiger partial charge is 0.275 e. The number of nitrogens with zero attached hydrogens (tertiary/aromatic N) is 1. The molecule has 2 aromatic heterocycles. The molecular weight excluding hydrogens is 355 g/mol. The van der Waals surface area contributed by atoms with Crippen molar-refractivity contribution in [1.29, 1.82) is 0 Å². The Morgan fingerprint density at radius 2 is 2.12 bits per heavy atom. The second-order valence-electron chi connectivity index (χ2n) is 4.88. The summed E-state index contributed by atoms with van der Waals surface area (Å²) in [7, 11) is -3.51. The first-order chi connectivity index (χ1) is 11.3. The number of anilines is 1. The molecule has 0 aliphatic carbocycles. The van der Waals surface area contributed by atoms with E-state index in [1.165, 1.54) is 23.0 Å². The lowest BCUT2D eigenvalue weighted by atomic mass is 10.3. The number of sulfone groups is 1. The summed E-state index contributed by atoms with van der Waals surface area (Å²) in [6.45, 7) is 0. The quantitative estimate of drug-likeness (QED) is 0.716. The van der Waals surface area contributed by atoms with Gasteiger partial charge in [0.05, 0.1) is 16.8 Å². The van der Waals surface area contributed by atoms with Crippen LogP contribution >= 0.6 is 11.3 Å². The lowest BCUT2D eigenvalue weighted by Gasteiger charge is -2.07. The molecule has 0 bridgehead atoms. The normalized spacial score (nSPS) is 11.4. The molecule has 3 aromatic rings. The summed E-state index contributed by atoms with van der Waals surface area (Å²) >= 11 is 1.20. The van der Waals surface area contributed by atoms with E-state index in [9.17, 15) is 17.6 Å². The minimum Gasteiger partial charge on any atom is -0.462 e. The standard InChI is InChI=1S/C15H11FN2O4S2/c1-24(20,21)9-4-5-10(16)11(7-9)17-14(19)12-8-23-15(18-12)13-3-2-6-22-13/h2-8H,1H3,(H,17,19). The number of nitrogens with one attached hydrogen (secondary N) is 1. The van der Waals surface area contributed by atoms with Crippen molar-refractivity contribution in [3.8, 4) is 10.8 Å². The van der Waals surface area contributed by atoms with Gasteiger partial charge in [-0.3, -0.25) is 4.79 Å². The van der Waals surface area contributed by atoms with Gasteiger partial charge in [-0.05, 0) is 30.3 Å². The van der Waals surface area contributed by atoms with E-state index in [0.717, 1.165) is 24.5 Å². The van der Waals surface area contributed by atoms with Crippen molar-refractivity contribution in [1.82, 2.24) is 4.98 Å². The summed E-state index contributed by atoms with van der Waals surface area (Å²) in [5, 5.41) is 4.35. The summed E-state index contributed by atoms with van der Waals surface area (Å²) in [4.78, 5) is 16.2. The Balaban J connectivity index is 1.85. The highest BCUT2D eigenvalue weighted by molar-refractivity contribution is 7.90. The number of hydrogen-bond donors (Lipinski definition) is 1. The molecule has 0 spiro atoms. The van der Waals surface area contributed by atoms with Crippen LogP contribution in [0.5, 0.6) is 0 Å². The van der Waals surface area contributed by atoms with E-state index in [1.807, 2.05) is 0 Å². The van der Waals surface area contributed by atoms with E-state index in [1.54, 1.807) is 12.1 Å². The Bertz CT molecular complexity index is 994. The van der Waals surface area contributed by atoms with Crippen LogP contribution in [0.4, 0.5) is 10.1 Å². The van der Waals surface area contributed by atoms with Crippen molar-refractivity contribution >= 4 is 32.8 Å². The molecule has 2 heterocycles. The van der Waals surface area contributed by atoms with Gasteiger partial charge >= 0.3 is 0 Å². The van der Waals surface area contributed by atoms with Gasteiger partial charge in [-0.25, -0.2) is 17.8 Å². The van der Waals surface area contributed by atoms with Gasteiger partial charge in [-0.2, -0.15) is 0 Å². The molecule has 0 fully saturated rings. The van der Waals surface area contributed by atoms with Crippen LogP contribution in [0.2, 0.25) is 0 Å². The minimum absolute atomic E-state index is 0.0792. The van der Waals surface area contributed by atoms with Crippen LogP contribution in [0, 0.1) is 5.82 Å². The summed E-state index contributed by atoms with van der Waals surface area (Å²) < 4.78 is 42.1. The number of carbonyl (C=O) groups is 1. The topological polar surface area (TPSA) is 89.3 Å². The maximum atomic E-state index is 13.8. The van der Waals surface area contributed by atoms with E-state index >= 15 is 0 Å². The molecule has 0 saturated heterocycles. The minimum atomic E-state index is -3.51. The number of rotatable bonds is 4. The highest BCUT2D eigenvalue weighted by Gasteiger charge is 2.17. The fourth-order valence-corrected chi connectivity index (χ4v) is 3.32. The van der Waals surface area contributed by atoms with Crippen LogP contribution in [0.25, 0.3) is 10.8 Å². The highest BCUT2D eigenvalue weighted by Crippen LogP contribution is 2.25. The van der Waals surface area contributed by atoms with Gasteiger partial charge in [0, 0.05) is 11.6 Å². The first-order valence-corrected chi connectivity index (χ1v) is 9.42. The molecular formula is C15H11FN2O4S2. The zero-order valence-electron chi connectivity index (χ0n) is 12.3. The average Bonchev–Trinajstić information content (AvgIpc) is 3.19. The Morgan fingerprint density at radius 3 is 2.79 bits per heavy atom. The van der Waals surface area contributed by atoms with Gasteiger partial charge in [-0.15, -0.1) is 11.3 Å². The number of hydrogen-bond acceptors (Lipinski definition) is 6. The Morgan fingerprint density at radius 1 is 1.33 bits per heavy atom. The SMILES string of the molecule is CS(=O)(=O)c1ccc(F)c(NC(=O)c2csc(-c3ccco3)n2)c1. The number of carbonyl (C=O) groups excluding carboxylic acids is 1. The van der Waals surface area contributed by atoms with Crippen LogP contribution in [-0.2, 0) is 9.84 Å². The fraction of sp³-hybridized carbons (Fsp3) is 0.0667. The van der Waals surface area contributed by atoms with Crippen LogP contribution in [0.3, 0.4) is 0 Å². The van der Waals surface area contributed by atoms with Crippen LogP contribution < -0.4 is 5.32 Å². The fourth-order valence-electron chi connectivity index (χ4n) is 1.91. The summed E-state index contributed by atoms with van der Waals surface area (Å²) in [5.41, 5.74) is -0.147. The number of furan rings is 1. The predicted molar refractivity (Wildman–Crippen MR) is 87.3 cm³/mol. The molecule has 0 unspecified atom stereocenters. The average molecular weight is 366 g/mol. The lowest BCUT2D eigenvalue weighted by Crippen LogP contribution is -2.14. The Labute approximate surface area is 140 Å². The zero-order chi connectivity index (χ0) is 17.3. The van der Waals surface area contributed by atoms with E-state index in [-0.39, 0.29) is 16.3 Å². The first-order valence-electron chi connectivity index (χ1n) is 6.65. The summed E-state index contributed by atoms with van der Waals surface area (Å²) in [6, 6.07) is 6.60. The molecule has 0 atom stereocenters. The second kappa shape index (κ2) is 6.17. The van der Waals surface area contributed by atoms with Crippen LogP contribution in [-0.4, -0.2) is 25.6 Å². The molecule has 1 N–H and O–H groups in total. The Hall–Kier alpha value is -2.52. The molecule has 0 aliphatic rings. The lowest BCUT2D eigenvalue weighted by molar-refractivity contribution is 0.102. The summed E-state index contributed by atoms with van der Waals surface area (Å²) in [5.74, 6) is -0.866. The van der Waals surface area contributed by atoms with Gasteiger partial charge in [-0.1, -0.05) is 0 Å². The number of thiazole rings is 1. The number of benzene rings is 1. The van der Waals surface area contributed by atoms with E-state index in [0.29, 0.717) is 10.8 Å². The first kappa shape index (κ1) is 16.3. The summed E-state index contributed by atoms with van der Waals surface area (Å²) in [6.07, 6.45) is 2.49. The van der Waals surface area contributed by atoms with Crippen molar-refractivity contribution < 1.29 is 22.0 Å². The predicted octanol–water partition coefficient (Wildman–Crippen LogP) is 3.20. The van der Waals surface area contributed by atoms with Gasteiger partial charge in [0.2, 0.25) is 0 Å². The molecule has 9 heteroatoms. The third-order valence-corrected chi connectivity index (χ3v) is 5.05. The third-order valence-electron chi connectivity index (χ3n) is 3.08. The molecule has 1 aromatic carbocycles.